The summed E-state index contributed by atoms with van der Waals surface area (Å²) >= 11 is 0. The number of carbonyl (C=O) groups is 1. The highest BCUT2D eigenvalue weighted by molar-refractivity contribution is 7.85. The first kappa shape index (κ1) is 41.0. The molecule has 2 unspecified atom stereocenters. The van der Waals surface area contributed by atoms with Crippen molar-refractivity contribution in [3.8, 4) is 0 Å². The van der Waals surface area contributed by atoms with Crippen LogP contribution in [-0.2, 0) is 14.9 Å². The minimum atomic E-state index is -4.36. The molecule has 6 nitrogen and oxygen atoms in total. The number of amides is 1. The number of aliphatic hydroxyl groups excluding tert-OH is 1. The number of hydrogen-bond donors (Lipinski definition) is 3. The van der Waals surface area contributed by atoms with Crippen molar-refractivity contribution in [2.45, 2.75) is 154 Å². The van der Waals surface area contributed by atoms with Gasteiger partial charge in [0.05, 0.1) is 17.9 Å². The lowest BCUT2D eigenvalue weighted by Gasteiger charge is -2.21. The summed E-state index contributed by atoms with van der Waals surface area (Å²) in [7, 11) is -4.36. The molecular formula is C36H63NO5S. The second kappa shape index (κ2) is 30.1. The molecule has 0 radical (unpaired) electrons. The second-order valence-electron chi connectivity index (χ2n) is 11.4. The van der Waals surface area contributed by atoms with E-state index in [2.05, 4.69) is 67.8 Å². The number of unbranched alkanes of at least 4 members (excludes halogenated alkanes) is 13. The predicted octanol–water partition coefficient (Wildman–Crippen LogP) is 9.34. The van der Waals surface area contributed by atoms with E-state index >= 15 is 0 Å². The van der Waals surface area contributed by atoms with E-state index in [1.165, 1.54) is 44.6 Å². The Morgan fingerprint density at radius 3 is 1.67 bits per heavy atom. The van der Waals surface area contributed by atoms with E-state index in [4.69, 9.17) is 0 Å². The summed E-state index contributed by atoms with van der Waals surface area (Å²) in [6.45, 7) is 4.43. The van der Waals surface area contributed by atoms with Gasteiger partial charge in [0.25, 0.3) is 10.1 Å². The van der Waals surface area contributed by atoms with Gasteiger partial charge in [-0.3, -0.25) is 9.35 Å². The maximum atomic E-state index is 12.4. The summed E-state index contributed by atoms with van der Waals surface area (Å²) in [6, 6.07) is -1.09. The summed E-state index contributed by atoms with van der Waals surface area (Å²) in [5.41, 5.74) is 0. The molecule has 0 aliphatic carbocycles. The molecule has 0 aliphatic rings. The molecule has 0 aromatic carbocycles. The molecule has 0 saturated carbocycles. The Morgan fingerprint density at radius 1 is 0.628 bits per heavy atom. The Hall–Kier alpha value is -1.96. The smallest absolute Gasteiger partial charge is 0.267 e. The quantitative estimate of drug-likeness (QED) is 0.0439. The highest BCUT2D eigenvalue weighted by Gasteiger charge is 2.24. The SMILES string of the molecule is CCCC/C=C\C/C=C\CCCCCCCC(=O)NC(CS(=O)(=O)O)C(O)/C=C/CC/C=C/CC/C=C/CCCCCC. The van der Waals surface area contributed by atoms with Crippen molar-refractivity contribution in [3.63, 3.8) is 0 Å². The topological polar surface area (TPSA) is 104 Å². The Labute approximate surface area is 264 Å². The van der Waals surface area contributed by atoms with E-state index in [-0.39, 0.29) is 12.3 Å². The van der Waals surface area contributed by atoms with Crippen molar-refractivity contribution >= 4 is 16.0 Å². The van der Waals surface area contributed by atoms with Crippen molar-refractivity contribution in [1.82, 2.24) is 5.32 Å². The lowest BCUT2D eigenvalue weighted by Crippen LogP contribution is -2.46. The fraction of sp³-hybridized carbons (Fsp3) is 0.694. The van der Waals surface area contributed by atoms with Gasteiger partial charge in [-0.15, -0.1) is 0 Å². The molecule has 0 aliphatic heterocycles. The van der Waals surface area contributed by atoms with Crippen LogP contribution in [0.2, 0.25) is 0 Å². The van der Waals surface area contributed by atoms with Gasteiger partial charge in [0.1, 0.15) is 0 Å². The first-order chi connectivity index (χ1) is 20.8. The zero-order valence-corrected chi connectivity index (χ0v) is 28.1. The second-order valence-corrected chi connectivity index (χ2v) is 12.9. The average molecular weight is 622 g/mol. The summed E-state index contributed by atoms with van der Waals surface area (Å²) in [4.78, 5) is 12.4. The lowest BCUT2D eigenvalue weighted by atomic mass is 10.1. The average Bonchev–Trinajstić information content (AvgIpc) is 2.96. The Balaban J connectivity index is 4.17. The molecule has 0 aromatic rings. The van der Waals surface area contributed by atoms with Gasteiger partial charge in [-0.1, -0.05) is 126 Å². The van der Waals surface area contributed by atoms with Crippen LogP contribution in [0.4, 0.5) is 0 Å². The molecular weight excluding hydrogens is 558 g/mol. The Bertz CT molecular complexity index is 905. The van der Waals surface area contributed by atoms with Gasteiger partial charge in [-0.05, 0) is 70.6 Å². The van der Waals surface area contributed by atoms with Crippen molar-refractivity contribution in [1.29, 1.82) is 0 Å². The van der Waals surface area contributed by atoms with E-state index < -0.39 is 28.0 Å². The van der Waals surface area contributed by atoms with E-state index in [1.807, 2.05) is 0 Å². The molecule has 3 N–H and O–H groups in total. The van der Waals surface area contributed by atoms with E-state index in [0.717, 1.165) is 70.6 Å². The van der Waals surface area contributed by atoms with Crippen LogP contribution in [0, 0.1) is 0 Å². The fourth-order valence-electron chi connectivity index (χ4n) is 4.55. The predicted molar refractivity (Wildman–Crippen MR) is 184 cm³/mol. The number of hydrogen-bond acceptors (Lipinski definition) is 4. The number of rotatable bonds is 29. The highest BCUT2D eigenvalue weighted by atomic mass is 32.2. The van der Waals surface area contributed by atoms with Gasteiger partial charge in [-0.25, -0.2) is 0 Å². The fourth-order valence-corrected chi connectivity index (χ4v) is 5.29. The van der Waals surface area contributed by atoms with Crippen molar-refractivity contribution in [2.24, 2.45) is 0 Å². The van der Waals surface area contributed by atoms with Crippen LogP contribution in [-0.4, -0.2) is 41.9 Å². The van der Waals surface area contributed by atoms with Gasteiger partial charge < -0.3 is 10.4 Å². The van der Waals surface area contributed by atoms with Crippen molar-refractivity contribution in [3.05, 3.63) is 60.8 Å². The molecule has 43 heavy (non-hydrogen) atoms. The van der Waals surface area contributed by atoms with Crippen LogP contribution < -0.4 is 5.32 Å². The van der Waals surface area contributed by atoms with Gasteiger partial charge >= 0.3 is 0 Å². The number of aliphatic hydroxyl groups is 1. The largest absolute Gasteiger partial charge is 0.387 e. The first-order valence-corrected chi connectivity index (χ1v) is 18.6. The third kappa shape index (κ3) is 31.3. The highest BCUT2D eigenvalue weighted by Crippen LogP contribution is 2.10. The summed E-state index contributed by atoms with van der Waals surface area (Å²) in [5, 5.41) is 13.1. The third-order valence-electron chi connectivity index (χ3n) is 7.14. The molecule has 7 heteroatoms. The van der Waals surface area contributed by atoms with E-state index in [1.54, 1.807) is 6.08 Å². The zero-order valence-electron chi connectivity index (χ0n) is 27.3. The molecule has 1 amide bonds. The minimum absolute atomic E-state index is 0.265. The molecule has 2 atom stereocenters. The molecule has 248 valence electrons. The van der Waals surface area contributed by atoms with Gasteiger partial charge in [0.2, 0.25) is 5.91 Å². The van der Waals surface area contributed by atoms with Crippen LogP contribution in [0.3, 0.4) is 0 Å². The standard InChI is InChI=1S/C36H63NO5S/c1-3-5-7-9-11-13-15-17-19-21-23-25-27-29-31-35(38)34(33-43(40,41)42)37-36(39)32-30-28-26-24-22-20-18-16-14-12-10-8-6-4-2/h10,12-13,15-16,18,21,23,29,31,34-35,38H,3-9,11,14,17,19-20,22,24-28,30,32-33H2,1-2H3,(H,37,39)(H,40,41,42)/b12-10-,15-13+,18-16-,23-21+,31-29+. The normalized spacial score (nSPS) is 14.2. The minimum Gasteiger partial charge on any atom is -0.387 e. The van der Waals surface area contributed by atoms with Crippen LogP contribution in [0.25, 0.3) is 0 Å². The summed E-state index contributed by atoms with van der Waals surface area (Å²) in [5.74, 6) is -1.04. The van der Waals surface area contributed by atoms with Gasteiger partial charge in [-0.2, -0.15) is 8.42 Å². The monoisotopic (exact) mass is 621 g/mol. The van der Waals surface area contributed by atoms with Crippen LogP contribution >= 0.6 is 0 Å². The molecule has 0 rings (SSSR count). The Kier molecular flexibility index (Phi) is 28.7. The first-order valence-electron chi connectivity index (χ1n) is 17.0. The molecule has 0 bridgehead atoms. The van der Waals surface area contributed by atoms with Crippen LogP contribution in [0.15, 0.2) is 60.8 Å². The van der Waals surface area contributed by atoms with Gasteiger partial charge in [0.15, 0.2) is 0 Å². The van der Waals surface area contributed by atoms with E-state index in [0.29, 0.717) is 12.8 Å². The zero-order chi connectivity index (χ0) is 31.9. The van der Waals surface area contributed by atoms with Crippen molar-refractivity contribution in [2.75, 3.05) is 5.75 Å². The molecule has 0 saturated heterocycles. The molecule has 0 fully saturated rings. The molecule has 0 aromatic heterocycles. The van der Waals surface area contributed by atoms with Crippen LogP contribution in [0.1, 0.15) is 142 Å². The lowest BCUT2D eigenvalue weighted by molar-refractivity contribution is -0.122. The number of nitrogens with one attached hydrogen (secondary N) is 1. The maximum absolute atomic E-state index is 12.4. The molecule has 0 spiro atoms. The van der Waals surface area contributed by atoms with Crippen LogP contribution in [0.5, 0.6) is 0 Å². The van der Waals surface area contributed by atoms with Gasteiger partial charge in [0, 0.05) is 6.42 Å². The third-order valence-corrected chi connectivity index (χ3v) is 7.92. The molecule has 0 heterocycles. The summed E-state index contributed by atoms with van der Waals surface area (Å²) in [6.07, 6.45) is 40.5. The Morgan fingerprint density at radius 2 is 1.09 bits per heavy atom. The van der Waals surface area contributed by atoms with E-state index in [9.17, 15) is 22.9 Å². The number of carbonyl (C=O) groups excluding carboxylic acids is 1. The summed E-state index contributed by atoms with van der Waals surface area (Å²) < 4.78 is 32.3. The van der Waals surface area contributed by atoms with Crippen molar-refractivity contribution < 1.29 is 22.9 Å². The maximum Gasteiger partial charge on any atom is 0.267 e. The number of allylic oxidation sites excluding steroid dienone is 9.